The van der Waals surface area contributed by atoms with Gasteiger partial charge in [0, 0.05) is 0 Å². The molecule has 0 aromatic carbocycles. The third-order valence-electron chi connectivity index (χ3n) is 1.87. The lowest BCUT2D eigenvalue weighted by molar-refractivity contribution is -0.133. The summed E-state index contributed by atoms with van der Waals surface area (Å²) < 4.78 is 0. The Morgan fingerprint density at radius 1 is 0.929 bits per heavy atom. The molecule has 84 valence electrons. The zero-order chi connectivity index (χ0) is 11.3. The lowest BCUT2D eigenvalue weighted by Gasteiger charge is -2.27. The number of hydrogen-bond donors (Lipinski definition) is 6. The predicted octanol–water partition coefficient (Wildman–Crippen LogP) is -3.03. The molecule has 0 amide bonds. The molecule has 6 nitrogen and oxygen atoms in total. The third kappa shape index (κ3) is 3.33. The quantitative estimate of drug-likeness (QED) is 0.258. The van der Waals surface area contributed by atoms with Crippen LogP contribution in [0.25, 0.3) is 0 Å². The lowest BCUT2D eigenvalue weighted by atomic mass is 9.99. The van der Waals surface area contributed by atoms with Crippen LogP contribution in [-0.2, 0) is 0 Å². The van der Waals surface area contributed by atoms with Crippen molar-refractivity contribution in [3.63, 3.8) is 0 Å². The van der Waals surface area contributed by atoms with Gasteiger partial charge in [-0.25, -0.2) is 0 Å². The summed E-state index contributed by atoms with van der Waals surface area (Å²) in [5.74, 6) is 0. The van der Waals surface area contributed by atoms with E-state index in [1.165, 1.54) is 0 Å². The highest BCUT2D eigenvalue weighted by Crippen LogP contribution is 2.08. The summed E-state index contributed by atoms with van der Waals surface area (Å²) >= 11 is 0. The molecule has 0 rings (SSSR count). The molecule has 5 atom stereocenters. The molecule has 0 aromatic rings. The van der Waals surface area contributed by atoms with Crippen molar-refractivity contribution in [1.29, 1.82) is 0 Å². The van der Waals surface area contributed by atoms with Crippen LogP contribution in [0.1, 0.15) is 0 Å². The van der Waals surface area contributed by atoms with E-state index in [0.29, 0.717) is 0 Å². The normalized spacial score (nSPS) is 22.1. The van der Waals surface area contributed by atoms with E-state index in [1.54, 1.807) is 0 Å². The van der Waals surface area contributed by atoms with Crippen LogP contribution in [0.5, 0.6) is 0 Å². The SMILES string of the molecule is C=C[C@H](O)[C@H](O)[C@@H](O)[C@@H](O)[C@H](O)CO. The Bertz CT molecular complexity index is 173. The maximum atomic E-state index is 9.21. The van der Waals surface area contributed by atoms with Crippen LogP contribution < -0.4 is 0 Å². The highest BCUT2D eigenvalue weighted by Gasteiger charge is 2.32. The van der Waals surface area contributed by atoms with Gasteiger partial charge in [0.1, 0.15) is 30.5 Å². The van der Waals surface area contributed by atoms with Crippen LogP contribution >= 0.6 is 0 Å². The molecule has 0 radical (unpaired) electrons. The summed E-state index contributed by atoms with van der Waals surface area (Å²) in [6.45, 7) is 2.42. The molecule has 0 aliphatic heterocycles. The topological polar surface area (TPSA) is 121 Å². The molecule has 0 aliphatic carbocycles. The molecule has 0 aromatic heterocycles. The molecule has 6 N–H and O–H groups in total. The van der Waals surface area contributed by atoms with E-state index in [1.807, 2.05) is 0 Å². The summed E-state index contributed by atoms with van der Waals surface area (Å²) in [7, 11) is 0. The molecule has 0 unspecified atom stereocenters. The first-order chi connectivity index (χ1) is 6.45. The van der Waals surface area contributed by atoms with Gasteiger partial charge in [-0.15, -0.1) is 6.58 Å². The fourth-order valence-corrected chi connectivity index (χ4v) is 0.879. The largest absolute Gasteiger partial charge is 0.394 e. The Labute approximate surface area is 81.4 Å². The third-order valence-corrected chi connectivity index (χ3v) is 1.87. The summed E-state index contributed by atoms with van der Waals surface area (Å²) in [6, 6.07) is 0. The van der Waals surface area contributed by atoms with Crippen molar-refractivity contribution < 1.29 is 30.6 Å². The maximum Gasteiger partial charge on any atom is 0.112 e. The Morgan fingerprint density at radius 2 is 1.43 bits per heavy atom. The van der Waals surface area contributed by atoms with Gasteiger partial charge in [-0.1, -0.05) is 6.08 Å². The number of aliphatic hydroxyl groups is 6. The fraction of sp³-hybridized carbons (Fsp3) is 0.750. The summed E-state index contributed by atoms with van der Waals surface area (Å²) in [5, 5.41) is 53.9. The molecule has 14 heavy (non-hydrogen) atoms. The van der Waals surface area contributed by atoms with Gasteiger partial charge in [0.15, 0.2) is 0 Å². The predicted molar refractivity (Wildman–Crippen MR) is 47.3 cm³/mol. The standard InChI is InChI=1S/C8H16O6/c1-2-4(10)6(12)8(14)7(13)5(11)3-9/h2,4-14H,1,3H2/t4-,5+,6-,7-,8+/m0/s1. The molecule has 0 spiro atoms. The molecule has 0 saturated heterocycles. The second-order valence-electron chi connectivity index (χ2n) is 2.95. The van der Waals surface area contributed by atoms with Crippen molar-refractivity contribution in [2.45, 2.75) is 30.5 Å². The van der Waals surface area contributed by atoms with Crippen molar-refractivity contribution >= 4 is 0 Å². The molecule has 0 saturated carbocycles. The van der Waals surface area contributed by atoms with Gasteiger partial charge in [-0.3, -0.25) is 0 Å². The van der Waals surface area contributed by atoms with Crippen LogP contribution in [-0.4, -0.2) is 67.8 Å². The van der Waals surface area contributed by atoms with Crippen LogP contribution in [0.2, 0.25) is 0 Å². The monoisotopic (exact) mass is 208 g/mol. The molecule has 6 heteroatoms. The second kappa shape index (κ2) is 6.07. The first-order valence-corrected chi connectivity index (χ1v) is 4.09. The Kier molecular flexibility index (Phi) is 5.86. The average Bonchev–Trinajstić information content (AvgIpc) is 2.23. The minimum atomic E-state index is -1.76. The van der Waals surface area contributed by atoms with E-state index in [4.69, 9.17) is 20.4 Å². The van der Waals surface area contributed by atoms with Crippen LogP contribution in [0, 0.1) is 0 Å². The first-order valence-electron chi connectivity index (χ1n) is 4.09. The van der Waals surface area contributed by atoms with Gasteiger partial charge in [0.25, 0.3) is 0 Å². The highest BCUT2D eigenvalue weighted by atomic mass is 16.4. The Morgan fingerprint density at radius 3 is 1.79 bits per heavy atom. The smallest absolute Gasteiger partial charge is 0.112 e. The van der Waals surface area contributed by atoms with Gasteiger partial charge in [0.05, 0.1) is 6.61 Å². The summed E-state index contributed by atoms with van der Waals surface area (Å²) in [6.07, 6.45) is -7.16. The van der Waals surface area contributed by atoms with Gasteiger partial charge in [-0.2, -0.15) is 0 Å². The van der Waals surface area contributed by atoms with Crippen molar-refractivity contribution in [2.24, 2.45) is 0 Å². The average molecular weight is 208 g/mol. The lowest BCUT2D eigenvalue weighted by Crippen LogP contribution is -2.49. The van der Waals surface area contributed by atoms with E-state index in [2.05, 4.69) is 6.58 Å². The molecule has 0 aliphatic rings. The maximum absolute atomic E-state index is 9.21. The number of rotatable bonds is 6. The van der Waals surface area contributed by atoms with Crippen LogP contribution in [0.15, 0.2) is 12.7 Å². The van der Waals surface area contributed by atoms with E-state index in [-0.39, 0.29) is 0 Å². The highest BCUT2D eigenvalue weighted by molar-refractivity contribution is 4.91. The minimum Gasteiger partial charge on any atom is -0.394 e. The molecule has 0 heterocycles. The van der Waals surface area contributed by atoms with Gasteiger partial charge >= 0.3 is 0 Å². The van der Waals surface area contributed by atoms with Gasteiger partial charge in [0.2, 0.25) is 0 Å². The summed E-state index contributed by atoms with van der Waals surface area (Å²) in [4.78, 5) is 0. The van der Waals surface area contributed by atoms with Crippen LogP contribution in [0.3, 0.4) is 0 Å². The molecular formula is C8H16O6. The van der Waals surface area contributed by atoms with Crippen LogP contribution in [0.4, 0.5) is 0 Å². The number of aliphatic hydroxyl groups excluding tert-OH is 6. The van der Waals surface area contributed by atoms with Gasteiger partial charge < -0.3 is 30.6 Å². The number of hydrogen-bond acceptors (Lipinski definition) is 6. The fourth-order valence-electron chi connectivity index (χ4n) is 0.879. The van der Waals surface area contributed by atoms with Crippen molar-refractivity contribution in [3.8, 4) is 0 Å². The van der Waals surface area contributed by atoms with E-state index >= 15 is 0 Å². The Hall–Kier alpha value is -0.500. The van der Waals surface area contributed by atoms with E-state index in [9.17, 15) is 10.2 Å². The zero-order valence-corrected chi connectivity index (χ0v) is 7.56. The molecular weight excluding hydrogens is 192 g/mol. The second-order valence-corrected chi connectivity index (χ2v) is 2.95. The summed E-state index contributed by atoms with van der Waals surface area (Å²) in [5.41, 5.74) is 0. The van der Waals surface area contributed by atoms with Gasteiger partial charge in [-0.05, 0) is 0 Å². The zero-order valence-electron chi connectivity index (χ0n) is 7.56. The Balaban J connectivity index is 4.29. The van der Waals surface area contributed by atoms with Crippen molar-refractivity contribution in [1.82, 2.24) is 0 Å². The first kappa shape index (κ1) is 13.5. The molecule has 0 bridgehead atoms. The van der Waals surface area contributed by atoms with E-state index in [0.717, 1.165) is 6.08 Å². The van der Waals surface area contributed by atoms with Crippen molar-refractivity contribution in [2.75, 3.05) is 6.61 Å². The minimum absolute atomic E-state index is 0.755. The molecule has 0 fully saturated rings. The van der Waals surface area contributed by atoms with Crippen molar-refractivity contribution in [3.05, 3.63) is 12.7 Å². The van der Waals surface area contributed by atoms with E-state index < -0.39 is 37.1 Å².